The zero-order chi connectivity index (χ0) is 28.8. The quantitative estimate of drug-likeness (QED) is 0.165. The highest BCUT2D eigenvalue weighted by atomic mass is 32.1. The zero-order valence-corrected chi connectivity index (χ0v) is 24.6. The van der Waals surface area contributed by atoms with Gasteiger partial charge in [0.1, 0.15) is 22.6 Å². The van der Waals surface area contributed by atoms with Crippen molar-refractivity contribution in [2.45, 2.75) is 11.1 Å². The molecular weight excluding hydrogens is 571 g/mol. The maximum Gasteiger partial charge on any atom is 0.375 e. The number of aromatic nitrogens is 3. The van der Waals surface area contributed by atoms with E-state index in [-0.39, 0.29) is 0 Å². The molecule has 0 saturated carbocycles. The summed E-state index contributed by atoms with van der Waals surface area (Å²) in [5, 5.41) is 6.06. The molecule has 13 rings (SSSR count). The van der Waals surface area contributed by atoms with Gasteiger partial charge in [-0.05, 0) is 64.7 Å². The van der Waals surface area contributed by atoms with Crippen molar-refractivity contribution in [3.05, 3.63) is 160 Å². The highest BCUT2D eigenvalue weighted by Gasteiger charge is 2.70. The van der Waals surface area contributed by atoms with Gasteiger partial charge in [0, 0.05) is 16.3 Å². The number of para-hydroxylation sites is 1. The first-order valence-electron chi connectivity index (χ1n) is 15.5. The molecule has 0 saturated heterocycles. The number of hydrogen-bond donors (Lipinski definition) is 0. The molecule has 4 aliphatic heterocycles. The predicted molar refractivity (Wildman–Crippen MR) is 173 cm³/mol. The average Bonchev–Trinajstić information content (AvgIpc) is 3.84. The smallest absolute Gasteiger partial charge is 0.375 e. The summed E-state index contributed by atoms with van der Waals surface area (Å²) in [5.41, 5.74) is 13.2. The number of thiazole rings is 1. The Hall–Kier alpha value is -5.52. The van der Waals surface area contributed by atoms with E-state index in [1.807, 2.05) is 11.3 Å². The van der Waals surface area contributed by atoms with Gasteiger partial charge in [0.05, 0.1) is 28.1 Å². The first-order chi connectivity index (χ1) is 22.3. The molecule has 0 N–H and O–H groups in total. The van der Waals surface area contributed by atoms with Crippen LogP contribution < -0.4 is 13.9 Å². The van der Waals surface area contributed by atoms with Crippen molar-refractivity contribution in [2.24, 2.45) is 0 Å². The monoisotopic (exact) mass is 591 g/mol. The third-order valence-corrected chi connectivity index (χ3v) is 12.2. The van der Waals surface area contributed by atoms with Crippen molar-refractivity contribution in [3.8, 4) is 39.0 Å². The van der Waals surface area contributed by atoms with E-state index in [0.717, 1.165) is 11.5 Å². The molecule has 0 fully saturated rings. The molecule has 8 aromatic rings. The summed E-state index contributed by atoms with van der Waals surface area (Å²) in [5.74, 6) is 3.11. The molecule has 0 bridgehead atoms. The van der Waals surface area contributed by atoms with Crippen LogP contribution >= 0.6 is 11.3 Å². The van der Waals surface area contributed by atoms with Crippen molar-refractivity contribution in [3.63, 3.8) is 0 Å². The summed E-state index contributed by atoms with van der Waals surface area (Å²) < 4.78 is 14.5. The molecule has 4 nitrogen and oxygen atoms in total. The van der Waals surface area contributed by atoms with E-state index in [1.165, 1.54) is 82.7 Å². The molecule has 45 heavy (non-hydrogen) atoms. The first-order valence-corrected chi connectivity index (χ1v) is 16.4. The molecular formula is C40H21N3OS+2. The van der Waals surface area contributed by atoms with Crippen molar-refractivity contribution >= 4 is 33.1 Å². The number of nitrogens with zero attached hydrogens (tertiary/aromatic N) is 3. The van der Waals surface area contributed by atoms with Crippen LogP contribution in [0.2, 0.25) is 0 Å². The minimum atomic E-state index is -0.611. The van der Waals surface area contributed by atoms with Gasteiger partial charge in [-0.15, -0.1) is 4.57 Å². The summed E-state index contributed by atoms with van der Waals surface area (Å²) >= 11 is 1.81. The van der Waals surface area contributed by atoms with Gasteiger partial charge in [0.15, 0.2) is 17.3 Å². The van der Waals surface area contributed by atoms with Crippen molar-refractivity contribution in [1.29, 1.82) is 0 Å². The molecule has 0 amide bonds. The predicted octanol–water partition coefficient (Wildman–Crippen LogP) is 7.79. The van der Waals surface area contributed by atoms with Crippen molar-refractivity contribution in [2.75, 3.05) is 0 Å². The SMILES string of the molecule is c1ccc2c(c1)-c1ccccc1C21c2ccc[n+]3c2-n2c4c1cccc4c1ccc4c(c12)C31c2c(cccc2-c2scc[n+]21)O4. The standard InChI is InChI=1S/C40H21N3OS/c1-3-12-27-22(8-1)23-9-2-4-13-28(23)39(27)29-14-5-10-24-25-17-18-32-34-36(25)43(35(24)29)37-30(39)15-7-19-41(37)40(34)33-26(11-6-16-31(33)44-32)38-42(40)20-21-45-38/h1-21H/q+2. The Morgan fingerprint density at radius 3 is 2.13 bits per heavy atom. The summed E-state index contributed by atoms with van der Waals surface area (Å²) in [6.07, 6.45) is 4.60. The van der Waals surface area contributed by atoms with Crippen LogP contribution in [0, 0.1) is 0 Å². The molecule has 1 aliphatic carbocycles. The van der Waals surface area contributed by atoms with Crippen LogP contribution in [0.25, 0.3) is 49.3 Å². The Morgan fingerprint density at radius 2 is 1.27 bits per heavy atom. The number of benzene rings is 5. The van der Waals surface area contributed by atoms with Gasteiger partial charge >= 0.3 is 5.66 Å². The van der Waals surface area contributed by atoms with E-state index in [9.17, 15) is 0 Å². The molecule has 2 spiro atoms. The molecule has 3 aromatic heterocycles. The summed E-state index contributed by atoms with van der Waals surface area (Å²) in [6.45, 7) is 0. The van der Waals surface area contributed by atoms with Gasteiger partial charge in [-0.2, -0.15) is 9.13 Å². The lowest BCUT2D eigenvalue weighted by molar-refractivity contribution is -0.960. The minimum absolute atomic E-state index is 0.458. The molecule has 5 aliphatic rings. The molecule has 7 heterocycles. The van der Waals surface area contributed by atoms with E-state index in [2.05, 4.69) is 141 Å². The fraction of sp³-hybridized carbons (Fsp3) is 0.0500. The lowest BCUT2D eigenvalue weighted by Crippen LogP contribution is -2.75. The van der Waals surface area contributed by atoms with Gasteiger partial charge < -0.3 is 4.74 Å². The molecule has 206 valence electrons. The summed E-state index contributed by atoms with van der Waals surface area (Å²) in [4.78, 5) is 0. The molecule has 1 atom stereocenters. The van der Waals surface area contributed by atoms with Gasteiger partial charge in [-0.1, -0.05) is 78.1 Å². The van der Waals surface area contributed by atoms with E-state index < -0.39 is 11.1 Å². The van der Waals surface area contributed by atoms with E-state index in [4.69, 9.17) is 4.74 Å². The normalized spacial score (nSPS) is 18.7. The van der Waals surface area contributed by atoms with Gasteiger partial charge in [-0.3, -0.25) is 0 Å². The lowest BCUT2D eigenvalue weighted by atomic mass is 9.66. The Morgan fingerprint density at radius 1 is 0.556 bits per heavy atom. The second-order valence-corrected chi connectivity index (χ2v) is 13.8. The maximum absolute atomic E-state index is 6.84. The van der Waals surface area contributed by atoms with Crippen LogP contribution in [0.5, 0.6) is 11.5 Å². The second-order valence-electron chi connectivity index (χ2n) is 12.9. The number of rotatable bonds is 0. The van der Waals surface area contributed by atoms with Crippen LogP contribution in [0.15, 0.2) is 127 Å². The highest BCUT2D eigenvalue weighted by molar-refractivity contribution is 7.12. The Balaban J connectivity index is 1.36. The van der Waals surface area contributed by atoms with Gasteiger partial charge in [0.2, 0.25) is 0 Å². The molecule has 1 unspecified atom stereocenters. The number of hydrogen-bond acceptors (Lipinski definition) is 2. The topological polar surface area (TPSA) is 21.9 Å². The van der Waals surface area contributed by atoms with Crippen LogP contribution in [0.3, 0.4) is 0 Å². The fourth-order valence-corrected chi connectivity index (χ4v) is 11.0. The number of ether oxygens (including phenoxy) is 1. The fourth-order valence-electron chi connectivity index (χ4n) is 10.0. The van der Waals surface area contributed by atoms with Crippen LogP contribution in [-0.2, 0) is 11.1 Å². The van der Waals surface area contributed by atoms with E-state index in [1.54, 1.807) is 0 Å². The maximum atomic E-state index is 6.84. The third kappa shape index (κ3) is 1.96. The van der Waals surface area contributed by atoms with Crippen molar-refractivity contribution < 1.29 is 13.9 Å². The van der Waals surface area contributed by atoms with Crippen LogP contribution in [0.4, 0.5) is 0 Å². The minimum Gasteiger partial charge on any atom is -0.456 e. The first kappa shape index (κ1) is 22.1. The summed E-state index contributed by atoms with van der Waals surface area (Å²) in [7, 11) is 0. The highest BCUT2D eigenvalue weighted by Crippen LogP contribution is 2.64. The summed E-state index contributed by atoms with van der Waals surface area (Å²) in [6, 6.07) is 40.9. The molecule has 5 heteroatoms. The van der Waals surface area contributed by atoms with Crippen molar-refractivity contribution in [1.82, 2.24) is 4.57 Å². The Kier molecular flexibility index (Phi) is 3.31. The second kappa shape index (κ2) is 6.75. The largest absolute Gasteiger partial charge is 0.456 e. The average molecular weight is 592 g/mol. The third-order valence-electron chi connectivity index (χ3n) is 11.3. The van der Waals surface area contributed by atoms with Gasteiger partial charge in [-0.25, -0.2) is 0 Å². The van der Waals surface area contributed by atoms with Gasteiger partial charge in [0.25, 0.3) is 10.8 Å². The van der Waals surface area contributed by atoms with E-state index >= 15 is 0 Å². The zero-order valence-electron chi connectivity index (χ0n) is 23.8. The Bertz CT molecular complexity index is 2720. The number of fused-ring (bicyclic) bond motifs is 10. The van der Waals surface area contributed by atoms with E-state index in [0.29, 0.717) is 0 Å². The molecule has 0 radical (unpaired) electrons. The Labute approximate surface area is 261 Å². The lowest BCUT2D eigenvalue weighted by Gasteiger charge is -2.40. The molecule has 5 aromatic carbocycles. The number of pyridine rings is 1. The van der Waals surface area contributed by atoms with Crippen LogP contribution in [-0.4, -0.2) is 4.57 Å². The van der Waals surface area contributed by atoms with Crippen LogP contribution in [0.1, 0.15) is 33.4 Å².